The molecule has 4 atom stereocenters. The summed E-state index contributed by atoms with van der Waals surface area (Å²) < 4.78 is 28.0. The van der Waals surface area contributed by atoms with Crippen LogP contribution in [0.4, 0.5) is 4.79 Å². The highest BCUT2D eigenvalue weighted by Gasteiger charge is 2.43. The minimum absolute atomic E-state index is 0.0164. The smallest absolute Gasteiger partial charge is 0.413 e. The minimum Gasteiger partial charge on any atom is -0.493 e. The molecule has 0 bridgehead atoms. The number of hydrogen-bond acceptors (Lipinski definition) is 8. The van der Waals surface area contributed by atoms with Gasteiger partial charge in [0.1, 0.15) is 6.73 Å². The summed E-state index contributed by atoms with van der Waals surface area (Å²) in [7, 11) is 3.28. The molecule has 2 rings (SSSR count). The molecular formula is C33H54ClN3O8. The van der Waals surface area contributed by atoms with Crippen LogP contribution in [0.25, 0.3) is 0 Å². The first-order chi connectivity index (χ1) is 21.2. The second-order valence-corrected chi connectivity index (χ2v) is 13.3. The second-order valence-electron chi connectivity index (χ2n) is 13.1. The summed E-state index contributed by atoms with van der Waals surface area (Å²) in [5, 5.41) is 2.91. The van der Waals surface area contributed by atoms with Crippen LogP contribution in [-0.4, -0.2) is 81.7 Å². The Morgan fingerprint density at radius 3 is 2.38 bits per heavy atom. The second kappa shape index (κ2) is 18.4. The van der Waals surface area contributed by atoms with E-state index in [-0.39, 0.29) is 49.0 Å². The standard InChI is InChI=1S/C33H54ClN3O8/c1-21(2)24(14-23-10-11-27(42-8)29(15-23)43-13-9-12-41-7)16-26-28(45-20-37(26)32(40)44-19-34)17-25(22(3)4)30(38)36-18-33(5,6)31(35)39/h10-11,15,21-22,24-26,28H,9,12-14,16-20H2,1-8H3,(H2,35,39)(H,36,38)/t24-,25-,26-,28-/m0/s1. The number of benzene rings is 1. The van der Waals surface area contributed by atoms with Crippen molar-refractivity contribution in [1.29, 1.82) is 0 Å². The van der Waals surface area contributed by atoms with Crippen LogP contribution in [0, 0.1) is 29.1 Å². The zero-order chi connectivity index (χ0) is 33.7. The number of halogens is 1. The fourth-order valence-electron chi connectivity index (χ4n) is 5.41. The van der Waals surface area contributed by atoms with Crippen LogP contribution in [0.15, 0.2) is 18.2 Å². The molecule has 1 aliphatic rings. The maximum absolute atomic E-state index is 13.4. The average molecular weight is 656 g/mol. The van der Waals surface area contributed by atoms with Crippen LogP contribution in [0.3, 0.4) is 0 Å². The Bertz CT molecular complexity index is 1100. The van der Waals surface area contributed by atoms with Crippen LogP contribution in [0.1, 0.15) is 66.4 Å². The zero-order valence-electron chi connectivity index (χ0n) is 28.2. The molecule has 1 aliphatic heterocycles. The van der Waals surface area contributed by atoms with Gasteiger partial charge in [0.2, 0.25) is 11.8 Å². The molecule has 45 heavy (non-hydrogen) atoms. The Labute approximate surface area is 273 Å². The Morgan fingerprint density at radius 1 is 1.09 bits per heavy atom. The average Bonchev–Trinajstić information content (AvgIpc) is 3.38. The molecule has 3 N–H and O–H groups in total. The maximum Gasteiger partial charge on any atom is 0.413 e. The lowest BCUT2D eigenvalue weighted by molar-refractivity contribution is -0.130. The van der Waals surface area contributed by atoms with Crippen molar-refractivity contribution < 1.29 is 38.1 Å². The first-order valence-electron chi connectivity index (χ1n) is 15.7. The summed E-state index contributed by atoms with van der Waals surface area (Å²) in [6.07, 6.45) is 1.54. The molecule has 1 aromatic rings. The summed E-state index contributed by atoms with van der Waals surface area (Å²) in [6, 6.07) is 5.34. The van der Waals surface area contributed by atoms with E-state index >= 15 is 0 Å². The van der Waals surface area contributed by atoms with Gasteiger partial charge in [0, 0.05) is 32.6 Å². The molecule has 0 saturated carbocycles. The molecule has 0 radical (unpaired) electrons. The summed E-state index contributed by atoms with van der Waals surface area (Å²) in [6.45, 7) is 12.9. The highest BCUT2D eigenvalue weighted by atomic mass is 35.5. The Balaban J connectivity index is 2.29. The molecule has 12 heteroatoms. The van der Waals surface area contributed by atoms with Crippen molar-refractivity contribution in [2.75, 3.05) is 46.8 Å². The number of carbonyl (C=O) groups is 3. The largest absolute Gasteiger partial charge is 0.493 e. The lowest BCUT2D eigenvalue weighted by Gasteiger charge is -2.33. The molecule has 1 fully saturated rings. The first kappa shape index (κ1) is 38.4. The van der Waals surface area contributed by atoms with Gasteiger partial charge < -0.3 is 34.7 Å². The first-order valence-corrected chi connectivity index (χ1v) is 16.3. The molecule has 0 spiro atoms. The number of nitrogens with one attached hydrogen (secondary N) is 1. The fraction of sp³-hybridized carbons (Fsp3) is 0.727. The third-order valence-electron chi connectivity index (χ3n) is 8.63. The topological polar surface area (TPSA) is 139 Å². The van der Waals surface area contributed by atoms with Gasteiger partial charge in [-0.1, -0.05) is 45.4 Å². The number of rotatable bonds is 19. The van der Waals surface area contributed by atoms with E-state index in [1.807, 2.05) is 32.0 Å². The van der Waals surface area contributed by atoms with Gasteiger partial charge in [-0.3, -0.25) is 14.5 Å². The zero-order valence-corrected chi connectivity index (χ0v) is 29.0. The third-order valence-corrected chi connectivity index (χ3v) is 8.74. The predicted octanol–water partition coefficient (Wildman–Crippen LogP) is 4.97. The normalized spacial score (nSPS) is 18.2. The third kappa shape index (κ3) is 11.5. The van der Waals surface area contributed by atoms with Crippen molar-refractivity contribution in [2.45, 2.75) is 79.4 Å². The summed E-state index contributed by atoms with van der Waals surface area (Å²) in [4.78, 5) is 39.7. The number of hydrogen-bond donors (Lipinski definition) is 2. The van der Waals surface area contributed by atoms with E-state index in [1.165, 1.54) is 0 Å². The molecule has 0 aliphatic carbocycles. The summed E-state index contributed by atoms with van der Waals surface area (Å²) in [5.41, 5.74) is 5.70. The highest BCUT2D eigenvalue weighted by Crippen LogP contribution is 2.36. The molecule has 0 aromatic heterocycles. The Hall–Kier alpha value is -2.76. The summed E-state index contributed by atoms with van der Waals surface area (Å²) in [5.74, 6) is 0.660. The van der Waals surface area contributed by atoms with Crippen LogP contribution in [-0.2, 0) is 30.2 Å². The molecule has 3 amide bonds. The molecule has 1 heterocycles. The lowest BCUT2D eigenvalue weighted by atomic mass is 9.80. The highest BCUT2D eigenvalue weighted by molar-refractivity contribution is 6.17. The number of amides is 3. The maximum atomic E-state index is 13.4. The van der Waals surface area contributed by atoms with Crippen LogP contribution >= 0.6 is 11.6 Å². The Morgan fingerprint density at radius 2 is 1.80 bits per heavy atom. The van der Waals surface area contributed by atoms with Crippen molar-refractivity contribution in [1.82, 2.24) is 10.2 Å². The van der Waals surface area contributed by atoms with Crippen molar-refractivity contribution in [3.63, 3.8) is 0 Å². The van der Waals surface area contributed by atoms with Crippen molar-refractivity contribution >= 4 is 29.5 Å². The Kier molecular flexibility index (Phi) is 15.7. The lowest BCUT2D eigenvalue weighted by Crippen LogP contribution is -2.46. The molecule has 11 nitrogen and oxygen atoms in total. The minimum atomic E-state index is -0.882. The van der Waals surface area contributed by atoms with Crippen LogP contribution in [0.2, 0.25) is 0 Å². The number of nitrogens with two attached hydrogens (primary N) is 1. The molecular weight excluding hydrogens is 602 g/mol. The van der Waals surface area contributed by atoms with Gasteiger partial charge in [0.25, 0.3) is 0 Å². The molecule has 1 saturated heterocycles. The summed E-state index contributed by atoms with van der Waals surface area (Å²) >= 11 is 5.75. The van der Waals surface area contributed by atoms with Gasteiger partial charge in [0.15, 0.2) is 17.6 Å². The molecule has 0 unspecified atom stereocenters. The van der Waals surface area contributed by atoms with E-state index in [0.29, 0.717) is 37.6 Å². The van der Waals surface area contributed by atoms with Crippen molar-refractivity contribution in [3.8, 4) is 11.5 Å². The molecule has 1 aromatic carbocycles. The monoisotopic (exact) mass is 655 g/mol. The predicted molar refractivity (Wildman–Crippen MR) is 173 cm³/mol. The van der Waals surface area contributed by atoms with E-state index in [9.17, 15) is 14.4 Å². The number of carbonyl (C=O) groups excluding carboxylic acids is 3. The van der Waals surface area contributed by atoms with Crippen LogP contribution < -0.4 is 20.5 Å². The number of methoxy groups -OCH3 is 2. The van der Waals surface area contributed by atoms with E-state index < -0.39 is 29.4 Å². The van der Waals surface area contributed by atoms with Crippen LogP contribution in [0.5, 0.6) is 11.5 Å². The van der Waals surface area contributed by atoms with E-state index in [0.717, 1.165) is 18.4 Å². The number of primary amides is 1. The fourth-order valence-corrected chi connectivity index (χ4v) is 5.51. The van der Waals surface area contributed by atoms with Crippen molar-refractivity contribution in [3.05, 3.63) is 23.8 Å². The van der Waals surface area contributed by atoms with Gasteiger partial charge >= 0.3 is 6.09 Å². The van der Waals surface area contributed by atoms with Gasteiger partial charge in [-0.15, -0.1) is 0 Å². The number of alkyl halides is 1. The number of ether oxygens (including phenoxy) is 5. The van der Waals surface area contributed by atoms with E-state index in [1.54, 1.807) is 33.0 Å². The number of nitrogens with zero attached hydrogens (tertiary/aromatic N) is 1. The SMILES string of the molecule is COCCCOc1cc(C[C@@H](C[C@H]2[C@H](C[C@H](C(=O)NCC(C)(C)C(N)=O)C(C)C)OCN2C(=O)OCCl)C(C)C)ccc1OC. The van der Waals surface area contributed by atoms with Gasteiger partial charge in [-0.05, 0) is 68.6 Å². The molecule has 256 valence electrons. The van der Waals surface area contributed by atoms with Gasteiger partial charge in [-0.2, -0.15) is 0 Å². The van der Waals surface area contributed by atoms with E-state index in [4.69, 9.17) is 41.0 Å². The van der Waals surface area contributed by atoms with E-state index in [2.05, 4.69) is 19.2 Å². The van der Waals surface area contributed by atoms with Gasteiger partial charge in [0.05, 0.1) is 31.3 Å². The van der Waals surface area contributed by atoms with Gasteiger partial charge in [-0.25, -0.2) is 4.79 Å². The quantitative estimate of drug-likeness (QED) is 0.157. The van der Waals surface area contributed by atoms with Crippen molar-refractivity contribution in [2.24, 2.45) is 34.8 Å².